The van der Waals surface area contributed by atoms with Crippen LogP contribution < -0.4 is 5.32 Å². The highest BCUT2D eigenvalue weighted by molar-refractivity contribution is 7.12. The summed E-state index contributed by atoms with van der Waals surface area (Å²) in [5, 5.41) is 11.7. The van der Waals surface area contributed by atoms with Crippen LogP contribution in [0.4, 0.5) is 5.82 Å². The molecule has 1 aliphatic carbocycles. The summed E-state index contributed by atoms with van der Waals surface area (Å²) in [7, 11) is 0. The average Bonchev–Trinajstić information content (AvgIpc) is 3.28. The molecule has 0 unspecified atom stereocenters. The largest absolute Gasteiger partial charge is 0.369 e. The number of hydrogen-bond acceptors (Lipinski definition) is 5. The maximum atomic E-state index is 12.9. The zero-order valence-corrected chi connectivity index (χ0v) is 14.9. The van der Waals surface area contributed by atoms with Gasteiger partial charge in [0.05, 0.1) is 5.69 Å². The number of anilines is 1. The number of hydrogen-bond donors (Lipinski definition) is 1. The zero-order chi connectivity index (χ0) is 16.7. The molecule has 0 aromatic carbocycles. The maximum Gasteiger partial charge on any atom is 0.226 e. The number of amides is 1. The quantitative estimate of drug-likeness (QED) is 0.928. The minimum absolute atomic E-state index is 0.174. The van der Waals surface area contributed by atoms with Crippen LogP contribution >= 0.6 is 11.3 Å². The van der Waals surface area contributed by atoms with Gasteiger partial charge in [0.15, 0.2) is 0 Å². The Morgan fingerprint density at radius 1 is 1.42 bits per heavy atom. The first-order chi connectivity index (χ1) is 11.7. The molecule has 6 heteroatoms. The highest BCUT2D eigenvalue weighted by Gasteiger charge is 2.46. The molecule has 2 aliphatic rings. The van der Waals surface area contributed by atoms with Gasteiger partial charge in [-0.1, -0.05) is 0 Å². The fourth-order valence-corrected chi connectivity index (χ4v) is 4.51. The Kier molecular flexibility index (Phi) is 4.00. The van der Waals surface area contributed by atoms with E-state index in [1.165, 1.54) is 9.75 Å². The predicted molar refractivity (Wildman–Crippen MR) is 95.2 cm³/mol. The van der Waals surface area contributed by atoms with Gasteiger partial charge < -0.3 is 10.2 Å². The van der Waals surface area contributed by atoms with E-state index >= 15 is 0 Å². The van der Waals surface area contributed by atoms with Gasteiger partial charge in [0.1, 0.15) is 5.82 Å². The van der Waals surface area contributed by atoms with Crippen LogP contribution in [0.25, 0.3) is 0 Å². The van der Waals surface area contributed by atoms with Gasteiger partial charge >= 0.3 is 0 Å². The Morgan fingerprint density at radius 2 is 2.29 bits per heavy atom. The lowest BCUT2D eigenvalue weighted by Gasteiger charge is -2.28. The first kappa shape index (κ1) is 15.6. The Labute approximate surface area is 146 Å². The van der Waals surface area contributed by atoms with Crippen molar-refractivity contribution in [3.05, 3.63) is 39.2 Å². The predicted octanol–water partition coefficient (Wildman–Crippen LogP) is 2.97. The average molecular weight is 342 g/mol. The Balaban J connectivity index is 1.44. The summed E-state index contributed by atoms with van der Waals surface area (Å²) in [4.78, 5) is 17.5. The fraction of sp³-hybridized carbons (Fsp3) is 0.500. The molecule has 1 fully saturated rings. The van der Waals surface area contributed by atoms with Gasteiger partial charge in [0.25, 0.3) is 0 Å². The molecule has 4 rings (SSSR count). The molecule has 3 heterocycles. The van der Waals surface area contributed by atoms with E-state index in [1.807, 2.05) is 29.2 Å². The van der Waals surface area contributed by atoms with Crippen molar-refractivity contribution in [2.75, 3.05) is 18.4 Å². The van der Waals surface area contributed by atoms with Crippen LogP contribution in [0.15, 0.2) is 18.2 Å². The smallest absolute Gasteiger partial charge is 0.226 e. The molecule has 5 nitrogen and oxygen atoms in total. The standard InChI is InChI=1S/C18H22N4OS/c1-3-19-17-8-12-10-22(7-6-15(12)20-21-17)18(23)14-9-13(14)16-5-4-11(2)24-16/h4-5,8,13-14H,3,6-7,9-10H2,1-2H3,(H,19,21)/t13-,14-/m0/s1. The van der Waals surface area contributed by atoms with Crippen LogP contribution in [-0.4, -0.2) is 34.1 Å². The van der Waals surface area contributed by atoms with E-state index < -0.39 is 0 Å². The molecule has 0 saturated heterocycles. The van der Waals surface area contributed by atoms with E-state index in [0.29, 0.717) is 18.4 Å². The van der Waals surface area contributed by atoms with Crippen molar-refractivity contribution in [1.82, 2.24) is 15.1 Å². The number of aryl methyl sites for hydroxylation is 1. The maximum absolute atomic E-state index is 12.9. The molecule has 2 aromatic heterocycles. The second-order valence-electron chi connectivity index (χ2n) is 6.64. The van der Waals surface area contributed by atoms with Crippen LogP contribution in [0, 0.1) is 12.8 Å². The summed E-state index contributed by atoms with van der Waals surface area (Å²) < 4.78 is 0. The van der Waals surface area contributed by atoms with E-state index in [2.05, 4.69) is 34.6 Å². The lowest BCUT2D eigenvalue weighted by Crippen LogP contribution is -2.37. The SMILES string of the molecule is CCNc1cc2c(nn1)CCN(C(=O)[C@H]1C[C@@H]1c1ccc(C)s1)C2. The highest BCUT2D eigenvalue weighted by Crippen LogP contribution is 2.50. The Morgan fingerprint density at radius 3 is 3.04 bits per heavy atom. The van der Waals surface area contributed by atoms with Crippen molar-refractivity contribution in [2.45, 2.75) is 39.2 Å². The number of carbonyl (C=O) groups is 1. The molecule has 24 heavy (non-hydrogen) atoms. The van der Waals surface area contributed by atoms with Gasteiger partial charge in [0.2, 0.25) is 5.91 Å². The number of rotatable bonds is 4. The first-order valence-corrected chi connectivity index (χ1v) is 9.42. The molecule has 0 spiro atoms. The highest BCUT2D eigenvalue weighted by atomic mass is 32.1. The molecule has 2 aromatic rings. The number of nitrogens with zero attached hydrogens (tertiary/aromatic N) is 3. The first-order valence-electron chi connectivity index (χ1n) is 8.60. The van der Waals surface area contributed by atoms with Crippen LogP contribution in [0.5, 0.6) is 0 Å². The number of nitrogens with one attached hydrogen (secondary N) is 1. The molecule has 0 bridgehead atoms. The Bertz CT molecular complexity index is 772. The van der Waals surface area contributed by atoms with Gasteiger partial charge in [-0.3, -0.25) is 4.79 Å². The Hall–Kier alpha value is -1.95. The van der Waals surface area contributed by atoms with E-state index in [9.17, 15) is 4.79 Å². The molecule has 1 saturated carbocycles. The van der Waals surface area contributed by atoms with Gasteiger partial charge in [-0.2, -0.15) is 5.10 Å². The zero-order valence-electron chi connectivity index (χ0n) is 14.1. The van der Waals surface area contributed by atoms with Crippen LogP contribution in [0.1, 0.15) is 40.3 Å². The van der Waals surface area contributed by atoms with E-state index in [0.717, 1.165) is 43.0 Å². The second-order valence-corrected chi connectivity index (χ2v) is 7.96. The van der Waals surface area contributed by atoms with Crippen LogP contribution in [0.3, 0.4) is 0 Å². The molecule has 1 N–H and O–H groups in total. The third-order valence-corrected chi connectivity index (χ3v) is 5.98. The molecule has 2 atom stereocenters. The lowest BCUT2D eigenvalue weighted by atomic mass is 10.1. The molecule has 1 aliphatic heterocycles. The summed E-state index contributed by atoms with van der Waals surface area (Å²) in [6.07, 6.45) is 1.80. The second kappa shape index (κ2) is 6.16. The van der Waals surface area contributed by atoms with E-state index in [1.54, 1.807) is 0 Å². The van der Waals surface area contributed by atoms with Crippen molar-refractivity contribution >= 4 is 23.1 Å². The van der Waals surface area contributed by atoms with Gasteiger partial charge in [0, 0.05) is 47.6 Å². The fourth-order valence-electron chi connectivity index (χ4n) is 3.45. The molecular weight excluding hydrogens is 320 g/mol. The number of aromatic nitrogens is 2. The monoisotopic (exact) mass is 342 g/mol. The minimum atomic E-state index is 0.174. The molecular formula is C18H22N4OS. The van der Waals surface area contributed by atoms with Crippen molar-refractivity contribution in [3.8, 4) is 0 Å². The number of thiophene rings is 1. The number of fused-ring (bicyclic) bond motifs is 1. The summed E-state index contributed by atoms with van der Waals surface area (Å²) in [6, 6.07) is 6.37. The van der Waals surface area contributed by atoms with Gasteiger partial charge in [-0.25, -0.2) is 0 Å². The minimum Gasteiger partial charge on any atom is -0.369 e. The van der Waals surface area contributed by atoms with E-state index in [4.69, 9.17) is 0 Å². The van der Waals surface area contributed by atoms with Crippen LogP contribution in [0.2, 0.25) is 0 Å². The van der Waals surface area contributed by atoms with Crippen molar-refractivity contribution in [3.63, 3.8) is 0 Å². The summed E-state index contributed by atoms with van der Waals surface area (Å²) in [5.74, 6) is 1.71. The van der Waals surface area contributed by atoms with Crippen LogP contribution in [-0.2, 0) is 17.8 Å². The summed E-state index contributed by atoms with van der Waals surface area (Å²) >= 11 is 1.82. The normalized spacial score (nSPS) is 22.2. The van der Waals surface area contributed by atoms with Gasteiger partial charge in [-0.05, 0) is 44.0 Å². The summed E-state index contributed by atoms with van der Waals surface area (Å²) in [5.41, 5.74) is 2.16. The topological polar surface area (TPSA) is 58.1 Å². The van der Waals surface area contributed by atoms with Crippen molar-refractivity contribution in [2.24, 2.45) is 5.92 Å². The number of carbonyl (C=O) groups excluding carboxylic acids is 1. The molecule has 0 radical (unpaired) electrons. The molecule has 126 valence electrons. The van der Waals surface area contributed by atoms with Crippen molar-refractivity contribution < 1.29 is 4.79 Å². The molecule has 1 amide bonds. The lowest BCUT2D eigenvalue weighted by molar-refractivity contribution is -0.133. The van der Waals surface area contributed by atoms with Crippen molar-refractivity contribution in [1.29, 1.82) is 0 Å². The third kappa shape index (κ3) is 2.90. The van der Waals surface area contributed by atoms with Gasteiger partial charge in [-0.15, -0.1) is 16.4 Å². The van der Waals surface area contributed by atoms with E-state index in [-0.39, 0.29) is 5.92 Å². The third-order valence-electron chi connectivity index (χ3n) is 4.84. The summed E-state index contributed by atoms with van der Waals surface area (Å²) in [6.45, 7) is 6.40.